The van der Waals surface area contributed by atoms with Gasteiger partial charge in [-0.3, -0.25) is 0 Å². The molecule has 0 unspecified atom stereocenters. The molecule has 0 saturated carbocycles. The van der Waals surface area contributed by atoms with E-state index < -0.39 is 5.51 Å². The molecule has 0 aliphatic heterocycles. The Bertz CT molecular complexity index is 1030. The number of hydrogen-bond donors (Lipinski definition) is 0. The second-order valence-corrected chi connectivity index (χ2v) is 17.8. The van der Waals surface area contributed by atoms with E-state index in [4.69, 9.17) is 0 Å². The number of nitrogens with zero attached hydrogens (tertiary/aromatic N) is 6. The van der Waals surface area contributed by atoms with Crippen molar-refractivity contribution in [3.63, 3.8) is 0 Å². The molecule has 170 valence electrons. The van der Waals surface area contributed by atoms with Crippen molar-refractivity contribution in [1.82, 2.24) is 15.0 Å². The summed E-state index contributed by atoms with van der Waals surface area (Å²) in [5, 5.41) is 18.7. The second-order valence-electron chi connectivity index (χ2n) is 7.41. The standard InChI is InChI=1S/C21H27N6PS3Se/c1-25(2)22-13-16-7-10-19(29-16)28(32,20-11-8-17(30-20)14-23-26(3)4)21-12-9-18(31-21)15-24-27(5)6/h7-15H,1-6H3/b22-13-,23-14+,24-15+. The van der Waals surface area contributed by atoms with Crippen molar-refractivity contribution >= 4 is 87.1 Å². The van der Waals surface area contributed by atoms with Crippen LogP contribution in [0.25, 0.3) is 0 Å². The monoisotopic (exact) mass is 570 g/mol. The third-order valence-corrected chi connectivity index (χ3v) is 18.1. The molecule has 32 heavy (non-hydrogen) atoms. The van der Waals surface area contributed by atoms with E-state index in [0.717, 1.165) is 14.6 Å². The Hall–Kier alpha value is -1.54. The molecule has 3 aromatic rings. The predicted molar refractivity (Wildman–Crippen MR) is 148 cm³/mol. The van der Waals surface area contributed by atoms with Gasteiger partial charge >= 0.3 is 211 Å². The molecule has 6 nitrogen and oxygen atoms in total. The van der Waals surface area contributed by atoms with Gasteiger partial charge in [-0.2, -0.15) is 0 Å². The summed E-state index contributed by atoms with van der Waals surface area (Å²) in [6, 6.07) is 13.2. The Morgan fingerprint density at radius 2 is 0.875 bits per heavy atom. The first-order valence-electron chi connectivity index (χ1n) is 9.73. The first kappa shape index (κ1) is 25.1. The molecule has 0 atom stereocenters. The quantitative estimate of drug-likeness (QED) is 0.172. The van der Waals surface area contributed by atoms with Crippen LogP contribution in [0.1, 0.15) is 14.6 Å². The van der Waals surface area contributed by atoms with Crippen LogP contribution in [0.4, 0.5) is 0 Å². The van der Waals surface area contributed by atoms with Crippen LogP contribution in [0.15, 0.2) is 51.7 Å². The number of thiophene rings is 3. The summed E-state index contributed by atoms with van der Waals surface area (Å²) in [4.78, 5) is 3.43. The molecule has 0 spiro atoms. The fourth-order valence-corrected chi connectivity index (χ4v) is 14.0. The normalized spacial score (nSPS) is 12.4. The average Bonchev–Trinajstić information content (AvgIpc) is 3.49. The van der Waals surface area contributed by atoms with E-state index in [2.05, 4.69) is 66.8 Å². The van der Waals surface area contributed by atoms with Gasteiger partial charge in [0.1, 0.15) is 0 Å². The molecule has 0 bridgehead atoms. The van der Waals surface area contributed by atoms with Gasteiger partial charge in [0.15, 0.2) is 0 Å². The van der Waals surface area contributed by atoms with Gasteiger partial charge in [-0.1, -0.05) is 0 Å². The van der Waals surface area contributed by atoms with Crippen LogP contribution >= 0.6 is 39.5 Å². The van der Waals surface area contributed by atoms with Crippen LogP contribution in [0.2, 0.25) is 0 Å². The van der Waals surface area contributed by atoms with Crippen molar-refractivity contribution in [1.29, 1.82) is 0 Å². The maximum absolute atomic E-state index is 4.41. The van der Waals surface area contributed by atoms with Gasteiger partial charge in [-0.05, 0) is 0 Å². The van der Waals surface area contributed by atoms with E-state index in [0.29, 0.717) is 0 Å². The van der Waals surface area contributed by atoms with Crippen molar-refractivity contribution in [3.05, 3.63) is 51.0 Å². The predicted octanol–water partition coefficient (Wildman–Crippen LogP) is 2.94. The molecule has 11 heteroatoms. The van der Waals surface area contributed by atoms with E-state index in [1.54, 1.807) is 34.0 Å². The van der Waals surface area contributed by atoms with Gasteiger partial charge in [0.2, 0.25) is 0 Å². The van der Waals surface area contributed by atoms with Crippen molar-refractivity contribution in [3.8, 4) is 0 Å². The molecule has 0 aliphatic rings. The fraction of sp³-hybridized carbons (Fsp3) is 0.286. The van der Waals surface area contributed by atoms with Crippen LogP contribution in [-0.4, -0.2) is 91.1 Å². The average molecular weight is 570 g/mol. The van der Waals surface area contributed by atoms with Crippen molar-refractivity contribution in [2.45, 2.75) is 0 Å². The van der Waals surface area contributed by atoms with Crippen molar-refractivity contribution in [2.75, 3.05) is 42.3 Å². The summed E-state index contributed by atoms with van der Waals surface area (Å²) in [5.41, 5.74) is -1.90. The molecule has 3 rings (SSSR count). The zero-order valence-electron chi connectivity index (χ0n) is 19.0. The minimum absolute atomic E-state index is 1.14. The Morgan fingerprint density at radius 1 is 0.594 bits per heavy atom. The Kier molecular flexibility index (Phi) is 8.67. The summed E-state index contributed by atoms with van der Waals surface area (Å²) in [6.07, 6.45) is 5.77. The third-order valence-electron chi connectivity index (χ3n) is 4.02. The first-order valence-corrected chi connectivity index (χ1v) is 16.2. The second kappa shape index (κ2) is 11.1. The molecule has 0 aromatic carbocycles. The summed E-state index contributed by atoms with van der Waals surface area (Å²) in [5.74, 6) is 0. The minimum atomic E-state index is -1.90. The Labute approximate surface area is 209 Å². The summed E-state index contributed by atoms with van der Waals surface area (Å²) >= 11 is 9.05. The van der Waals surface area contributed by atoms with Gasteiger partial charge in [0.25, 0.3) is 0 Å². The Morgan fingerprint density at radius 3 is 1.12 bits per heavy atom. The Balaban J connectivity index is 2.07. The van der Waals surface area contributed by atoms with Crippen LogP contribution in [0.3, 0.4) is 0 Å². The van der Waals surface area contributed by atoms with Crippen LogP contribution < -0.4 is 13.9 Å². The molecule has 3 heterocycles. The fourth-order valence-electron chi connectivity index (χ4n) is 2.59. The van der Waals surface area contributed by atoms with Crippen LogP contribution in [0, 0.1) is 0 Å². The number of hydrogen-bond acceptors (Lipinski definition) is 9. The molecular weight excluding hydrogens is 542 g/mol. The molecule has 0 radical (unpaired) electrons. The van der Waals surface area contributed by atoms with E-state index >= 15 is 0 Å². The maximum atomic E-state index is 4.41. The topological polar surface area (TPSA) is 46.8 Å². The van der Waals surface area contributed by atoms with Crippen molar-refractivity contribution in [2.24, 2.45) is 15.3 Å². The molecular formula is C21H27N6PS3Se. The van der Waals surface area contributed by atoms with E-state index in [1.807, 2.05) is 76.0 Å². The summed E-state index contributed by atoms with van der Waals surface area (Å²) in [6.45, 7) is 0. The van der Waals surface area contributed by atoms with Gasteiger partial charge in [-0.25, -0.2) is 0 Å². The van der Waals surface area contributed by atoms with E-state index in [-0.39, 0.29) is 0 Å². The molecule has 0 fully saturated rings. The van der Waals surface area contributed by atoms with E-state index in [1.165, 1.54) is 13.9 Å². The van der Waals surface area contributed by atoms with Crippen molar-refractivity contribution < 1.29 is 0 Å². The third kappa shape index (κ3) is 6.28. The molecule has 0 N–H and O–H groups in total. The number of rotatable bonds is 9. The first-order chi connectivity index (χ1) is 15.2. The molecule has 3 aromatic heterocycles. The van der Waals surface area contributed by atoms with Gasteiger partial charge in [-0.15, -0.1) is 0 Å². The van der Waals surface area contributed by atoms with Crippen LogP contribution in [-0.2, 0) is 0 Å². The zero-order chi connectivity index (χ0) is 23.3. The zero-order valence-corrected chi connectivity index (χ0v) is 24.0. The molecule has 0 aliphatic carbocycles. The van der Waals surface area contributed by atoms with Gasteiger partial charge in [0.05, 0.1) is 0 Å². The van der Waals surface area contributed by atoms with Gasteiger partial charge in [0, 0.05) is 0 Å². The van der Waals surface area contributed by atoms with Gasteiger partial charge < -0.3 is 0 Å². The number of hydrazone groups is 3. The molecule has 0 saturated heterocycles. The summed E-state index contributed by atoms with van der Waals surface area (Å²) < 4.78 is 4.02. The summed E-state index contributed by atoms with van der Waals surface area (Å²) in [7, 11) is 11.6. The SMILES string of the molecule is CN(C)/N=C\c1ccc(P(=[Se])(c2ccc(/C=N/N(C)C)s2)c2ccc(/C=N/N(C)C)s2)s1. The molecule has 0 amide bonds. The van der Waals surface area contributed by atoms with E-state index in [9.17, 15) is 0 Å². The van der Waals surface area contributed by atoms with Crippen LogP contribution in [0.5, 0.6) is 0 Å².